The van der Waals surface area contributed by atoms with E-state index in [1.54, 1.807) is 62.5 Å². The summed E-state index contributed by atoms with van der Waals surface area (Å²) in [5, 5.41) is 115. The van der Waals surface area contributed by atoms with Crippen LogP contribution in [0.1, 0.15) is 164 Å². The highest BCUT2D eigenvalue weighted by Gasteiger charge is 2.29. The molecule has 136 heavy (non-hydrogen) atoms. The number of nitrogens with zero attached hydrogens (tertiary/aromatic N) is 12. The van der Waals surface area contributed by atoms with Crippen LogP contribution in [0.3, 0.4) is 0 Å². The minimum Gasteiger partial charge on any atom is -0.465 e. The molecular weight excluding hydrogens is 1750 g/mol. The van der Waals surface area contributed by atoms with Gasteiger partial charge < -0.3 is 149 Å². The van der Waals surface area contributed by atoms with E-state index in [1.165, 1.54) is 13.5 Å². The summed E-state index contributed by atoms with van der Waals surface area (Å²) in [6.07, 6.45) is 3.18. The summed E-state index contributed by atoms with van der Waals surface area (Å²) in [4.78, 5) is 53.2. The van der Waals surface area contributed by atoms with E-state index in [0.29, 0.717) is 141 Å². The molecule has 0 aliphatic carbocycles. The van der Waals surface area contributed by atoms with E-state index in [-0.39, 0.29) is 77.0 Å². The number of carbonyl (C=O) groups excluding carboxylic acids is 5. The number of unbranched alkanes of at least 4 members (excludes halogenated alkanes) is 1. The third kappa shape index (κ3) is 123. The molecule has 0 spiro atoms. The van der Waals surface area contributed by atoms with Gasteiger partial charge in [-0.25, -0.2) is 4.79 Å². The van der Waals surface area contributed by atoms with Crippen LogP contribution in [0.4, 0.5) is 0 Å². The lowest BCUT2D eigenvalue weighted by molar-refractivity contribution is -0.917. The molecule has 0 bridgehead atoms. The lowest BCUT2D eigenvalue weighted by Gasteiger charge is -2.37. The minimum atomic E-state index is -0.419. The normalized spacial score (nSPS) is 13.0. The Kier molecular flexibility index (Phi) is 110. The Hall–Kier alpha value is -3.45. The predicted octanol–water partition coefficient (Wildman–Crippen LogP) is 2.83. The van der Waals surface area contributed by atoms with Crippen molar-refractivity contribution in [3.63, 3.8) is 0 Å². The summed E-state index contributed by atoms with van der Waals surface area (Å²) in [6.45, 7) is 68.3. The fraction of sp³-hybridized carbons (Fsp3) is 0.931. The van der Waals surface area contributed by atoms with Gasteiger partial charge >= 0.3 is 5.97 Å². The van der Waals surface area contributed by atoms with Crippen molar-refractivity contribution >= 4 is 29.1 Å². The van der Waals surface area contributed by atoms with Crippen molar-refractivity contribution in [2.24, 2.45) is 0 Å². The number of carbonyl (C=O) groups is 5. The van der Waals surface area contributed by atoms with Crippen molar-refractivity contribution in [3.8, 4) is 11.8 Å². The Bertz CT molecular complexity index is 2660. The quantitative estimate of drug-likeness (QED) is 0.0180. The average Bonchev–Trinajstić information content (AvgIpc) is 0.868. The van der Waals surface area contributed by atoms with Crippen LogP contribution < -0.4 is 0 Å². The highest BCUT2D eigenvalue weighted by molar-refractivity contribution is 5.77. The summed E-state index contributed by atoms with van der Waals surface area (Å²) in [6, 6.07) is 0. The summed E-state index contributed by atoms with van der Waals surface area (Å²) < 4.78 is 34.5. The number of esters is 1. The van der Waals surface area contributed by atoms with Gasteiger partial charge in [0.2, 0.25) is 0 Å². The zero-order valence-corrected chi connectivity index (χ0v) is 96.1. The minimum absolute atomic E-state index is 0.0865. The molecule has 0 saturated heterocycles. The fourth-order valence-corrected chi connectivity index (χ4v) is 12.8. The second-order valence-electron chi connectivity index (χ2n) is 41.8. The monoisotopic (exact) mass is 1990 g/mol. The van der Waals surface area contributed by atoms with E-state index in [9.17, 15) is 39.3 Å². The summed E-state index contributed by atoms with van der Waals surface area (Å²) >= 11 is 0. The number of hydrogen-bond donors (Lipinski definition) is 13. The first kappa shape index (κ1) is 158. The van der Waals surface area contributed by atoms with Gasteiger partial charge in [0.1, 0.15) is 147 Å². The molecule has 0 aliphatic rings. The maximum Gasteiger partial charge on any atom is 0.361 e. The number of aliphatic hydroxyl groups is 13. The summed E-state index contributed by atoms with van der Waals surface area (Å²) in [7, 11) is 40.1. The maximum absolute atomic E-state index is 10.8. The van der Waals surface area contributed by atoms with E-state index in [1.807, 2.05) is 63.4 Å². The van der Waals surface area contributed by atoms with Crippen molar-refractivity contribution in [1.82, 2.24) is 0 Å². The standard InChI is InChI=1S/C12H24NO2.C10H24NO3.C10H22NO.2C9H22NO2.C9H20NO.C8H20NO3.C8H18NO.C7H18NO3.C7H18NO2.C6H14NO2.C6H14NO/c1-5-13(3,6-2)9-7-8-10-15-12-11-14-4;1-8(12)5-11(4,6-9(2)13)7-10(3)14;1-5-11(4,6-2)9-7-8-10(3)12;1-4-10(3,5-2)6-8-12-9-7-11;1-3-4-5-10(2,6-8-11)7-9-12;1-5-10(4,6-2)8-7-9(3)11;1-8(12)7-9(2,3-5-10)4-6-11;1-5-9(4,6-2)7-8(3)10;1-8(2-5-9,3-6-10)4-7-11;1-8(2,3)4-6-10-7-5-9;1-7(2,3)5-6(8)9-4;1-6(8)5-7(2,3)4/h5-6,9-12H2,1-4H3;8-10,12-14H,5-7H2,1-4H3;5-9H2,1-4H3;11H,4-9H2,1-3H3;11-12H,3-9H2,1-2H3;5-8H2,1-4H3;8,10-12H,3-7H2,1-2H3;5-7H2,1-4H3;9-11H,2-7H2,1H3;9H,4-7H2,1-3H3;5H2,1-4H3;5H2,1-4H3/q12*+1. The van der Waals surface area contributed by atoms with E-state index >= 15 is 0 Å². The number of Topliss-reactive ketones (excluding diaryl/α,β-unsaturated/α-hetero) is 4. The van der Waals surface area contributed by atoms with Gasteiger partial charge in [0.25, 0.3) is 0 Å². The smallest absolute Gasteiger partial charge is 0.361 e. The van der Waals surface area contributed by atoms with Crippen molar-refractivity contribution in [2.75, 3.05) is 443 Å². The van der Waals surface area contributed by atoms with Gasteiger partial charge in [-0.1, -0.05) is 19.3 Å². The van der Waals surface area contributed by atoms with Gasteiger partial charge in [0.05, 0.1) is 325 Å². The van der Waals surface area contributed by atoms with E-state index < -0.39 is 24.4 Å². The number of ether oxygens (including phenoxy) is 5. The first-order valence-corrected chi connectivity index (χ1v) is 50.4. The molecule has 35 heteroatoms. The van der Waals surface area contributed by atoms with Gasteiger partial charge in [-0.15, -0.1) is 0 Å². The molecule has 826 valence electrons. The lowest BCUT2D eigenvalue weighted by atomic mass is 10.2. The molecule has 0 aromatic carbocycles. The maximum atomic E-state index is 10.8. The van der Waals surface area contributed by atoms with Crippen molar-refractivity contribution in [2.45, 2.75) is 188 Å². The molecule has 0 fully saturated rings. The zero-order chi connectivity index (χ0) is 109. The van der Waals surface area contributed by atoms with Crippen LogP contribution in [0.25, 0.3) is 0 Å². The highest BCUT2D eigenvalue weighted by atomic mass is 16.5. The van der Waals surface area contributed by atoms with E-state index in [4.69, 9.17) is 70.0 Å². The first-order chi connectivity index (χ1) is 62.6. The molecule has 13 N–H and O–H groups in total. The third-order valence-electron chi connectivity index (χ3n) is 23.7. The van der Waals surface area contributed by atoms with E-state index in [0.717, 1.165) is 193 Å². The summed E-state index contributed by atoms with van der Waals surface area (Å²) in [5.41, 5.74) is 0. The van der Waals surface area contributed by atoms with Gasteiger partial charge in [0.15, 0.2) is 18.1 Å². The van der Waals surface area contributed by atoms with Crippen LogP contribution in [-0.2, 0) is 47.7 Å². The number of ketones is 4. The molecular formula is C101H236N12O23+12. The number of hydrogen-bond acceptors (Lipinski definition) is 23. The van der Waals surface area contributed by atoms with Crippen LogP contribution in [0.15, 0.2) is 0 Å². The fourth-order valence-electron chi connectivity index (χ4n) is 12.8. The Morgan fingerprint density at radius 2 is 0.574 bits per heavy atom. The Morgan fingerprint density at radius 1 is 0.272 bits per heavy atom. The molecule has 35 nitrogen and oxygen atoms in total. The molecule has 4 atom stereocenters. The molecule has 0 aromatic heterocycles. The number of methoxy groups -OCH3 is 2. The SMILES string of the molecule is CC(=O)C[N+](C)(C)C.CC(O)C[N+](C)(CC(C)O)CC(C)O.CC(O)C[N+](C)(CCO)CCO.CCCC[N+](C)(CCO)CCO.CC[N+](C)(CC)CC#CCOCCOC.CC[N+](C)(CC)CC(C)=O.CC[N+](C)(CC)CCC(C)=O.CC[N+](C)(CC)CCCC(C)=O.CC[N+](C)(CC)CCOCCO.COC(=O)C[N+](C)(C)C.C[N+](C)(C)CCOCCO.C[N+](CCO)(CCO)CCO. The Morgan fingerprint density at radius 3 is 0.824 bits per heavy atom. The van der Waals surface area contributed by atoms with Gasteiger partial charge in [-0.2, -0.15) is 0 Å². The third-order valence-corrected chi connectivity index (χ3v) is 23.7. The van der Waals surface area contributed by atoms with Gasteiger partial charge in [-0.3, -0.25) is 14.4 Å². The number of likely N-dealkylation sites (N-methyl/N-ethyl adjacent to an activating group) is 9. The van der Waals surface area contributed by atoms with Crippen molar-refractivity contribution in [3.05, 3.63) is 0 Å². The van der Waals surface area contributed by atoms with Crippen LogP contribution in [-0.4, -0.2) is 617 Å². The van der Waals surface area contributed by atoms with Gasteiger partial charge in [0, 0.05) is 33.8 Å². The second-order valence-corrected chi connectivity index (χ2v) is 41.8. The Balaban J connectivity index is -0.000000124. The van der Waals surface area contributed by atoms with Crippen LogP contribution >= 0.6 is 0 Å². The molecule has 0 amide bonds. The second kappa shape index (κ2) is 95.1. The highest BCUT2D eigenvalue weighted by Crippen LogP contribution is 2.12. The predicted molar refractivity (Wildman–Crippen MR) is 559 cm³/mol. The number of aliphatic hydroxyl groups excluding tert-OH is 13. The lowest BCUT2D eigenvalue weighted by Crippen LogP contribution is -2.54. The summed E-state index contributed by atoms with van der Waals surface area (Å²) in [5.74, 6) is 7.17. The van der Waals surface area contributed by atoms with Crippen LogP contribution in [0.2, 0.25) is 0 Å². The topological polar surface area (TPSA) is 394 Å². The number of rotatable bonds is 63. The Labute approximate surface area is 836 Å². The molecule has 4 unspecified atom stereocenters. The molecule has 0 aliphatic heterocycles. The molecule has 0 saturated carbocycles. The number of quaternary nitrogens is 12. The van der Waals surface area contributed by atoms with E-state index in [2.05, 4.69) is 156 Å². The molecule has 0 radical (unpaired) electrons. The van der Waals surface area contributed by atoms with Gasteiger partial charge in [-0.05, 0) is 123 Å². The largest absolute Gasteiger partial charge is 0.465 e. The molecule has 0 aromatic rings. The molecule has 0 rings (SSSR count). The van der Waals surface area contributed by atoms with Crippen molar-refractivity contribution in [1.29, 1.82) is 0 Å². The average molecular weight is 1990 g/mol. The first-order valence-electron chi connectivity index (χ1n) is 50.4. The van der Waals surface area contributed by atoms with Crippen molar-refractivity contribution < 1.29 is 168 Å². The van der Waals surface area contributed by atoms with Crippen LogP contribution in [0.5, 0.6) is 0 Å². The molecule has 0 heterocycles. The van der Waals surface area contributed by atoms with Crippen LogP contribution in [0, 0.1) is 11.8 Å². The zero-order valence-electron chi connectivity index (χ0n) is 96.1.